The second-order valence-electron chi connectivity index (χ2n) is 3.60. The minimum Gasteiger partial charge on any atom is -0.303 e. The molecule has 0 aromatic carbocycles. The van der Waals surface area contributed by atoms with Crippen molar-refractivity contribution in [1.82, 2.24) is 0 Å². The van der Waals surface area contributed by atoms with Gasteiger partial charge in [-0.2, -0.15) is 13.2 Å². The topological polar surface area (TPSA) is 17.1 Å². The zero-order chi connectivity index (χ0) is 9.90. The molecule has 0 bridgehead atoms. The summed E-state index contributed by atoms with van der Waals surface area (Å²) < 4.78 is 36.8. The third-order valence-electron chi connectivity index (χ3n) is 2.68. The summed E-state index contributed by atoms with van der Waals surface area (Å²) in [5.74, 6) is -2.20. The van der Waals surface area contributed by atoms with E-state index in [1.54, 1.807) is 0 Å². The van der Waals surface area contributed by atoms with E-state index >= 15 is 0 Å². The fraction of sp³-hybridized carbons (Fsp3) is 0.889. The zero-order valence-electron chi connectivity index (χ0n) is 7.31. The summed E-state index contributed by atoms with van der Waals surface area (Å²) in [6.07, 6.45) is -0.540. The Morgan fingerprint density at radius 3 is 2.08 bits per heavy atom. The highest BCUT2D eigenvalue weighted by Gasteiger charge is 2.44. The van der Waals surface area contributed by atoms with Gasteiger partial charge in [-0.15, -0.1) is 0 Å². The lowest BCUT2D eigenvalue weighted by Crippen LogP contribution is -2.32. The Hall–Kier alpha value is -0.540. The van der Waals surface area contributed by atoms with Gasteiger partial charge in [-0.1, -0.05) is 19.3 Å². The molecule has 0 aromatic rings. The van der Waals surface area contributed by atoms with Crippen molar-refractivity contribution in [3.8, 4) is 0 Å². The van der Waals surface area contributed by atoms with E-state index in [2.05, 4.69) is 0 Å². The van der Waals surface area contributed by atoms with Gasteiger partial charge in [0.1, 0.15) is 12.2 Å². The van der Waals surface area contributed by atoms with Crippen LogP contribution >= 0.6 is 0 Å². The van der Waals surface area contributed by atoms with Crippen LogP contribution in [0.3, 0.4) is 0 Å². The highest BCUT2D eigenvalue weighted by Crippen LogP contribution is 2.38. The highest BCUT2D eigenvalue weighted by atomic mass is 19.4. The van der Waals surface area contributed by atoms with Crippen molar-refractivity contribution in [3.63, 3.8) is 0 Å². The third-order valence-corrected chi connectivity index (χ3v) is 2.68. The van der Waals surface area contributed by atoms with Gasteiger partial charge < -0.3 is 4.79 Å². The maximum atomic E-state index is 12.3. The Morgan fingerprint density at radius 1 is 1.15 bits per heavy atom. The molecule has 1 atom stereocenters. The molecule has 76 valence electrons. The largest absolute Gasteiger partial charge is 0.398 e. The molecule has 0 unspecified atom stereocenters. The number of carbonyl (C=O) groups excluding carboxylic acids is 1. The molecule has 0 aliphatic heterocycles. The van der Waals surface area contributed by atoms with Crippen LogP contribution in [0.5, 0.6) is 0 Å². The lowest BCUT2D eigenvalue weighted by atomic mass is 9.80. The van der Waals surface area contributed by atoms with E-state index in [-0.39, 0.29) is 6.29 Å². The Kier molecular flexibility index (Phi) is 3.33. The van der Waals surface area contributed by atoms with Crippen molar-refractivity contribution in [1.29, 1.82) is 0 Å². The first-order valence-electron chi connectivity index (χ1n) is 4.57. The maximum Gasteiger partial charge on any atom is 0.398 e. The molecule has 1 saturated carbocycles. The van der Waals surface area contributed by atoms with Crippen LogP contribution in [-0.4, -0.2) is 12.5 Å². The van der Waals surface area contributed by atoms with Gasteiger partial charge in [-0.05, 0) is 18.8 Å². The summed E-state index contributed by atoms with van der Waals surface area (Å²) in [5, 5.41) is 0. The minimum absolute atomic E-state index is 0.0655. The van der Waals surface area contributed by atoms with Crippen LogP contribution in [0, 0.1) is 11.8 Å². The first kappa shape index (κ1) is 10.5. The smallest absolute Gasteiger partial charge is 0.303 e. The molecule has 1 aliphatic carbocycles. The summed E-state index contributed by atoms with van der Waals surface area (Å²) in [6, 6.07) is 0. The maximum absolute atomic E-state index is 12.3. The first-order chi connectivity index (χ1) is 6.05. The molecular formula is C9H13F3O. The molecule has 0 radical (unpaired) electrons. The van der Waals surface area contributed by atoms with Crippen LogP contribution in [0.15, 0.2) is 0 Å². The molecule has 13 heavy (non-hydrogen) atoms. The molecule has 0 saturated heterocycles. The molecule has 1 rings (SSSR count). The van der Waals surface area contributed by atoms with E-state index in [1.807, 2.05) is 0 Å². The van der Waals surface area contributed by atoms with Gasteiger partial charge in [-0.3, -0.25) is 0 Å². The van der Waals surface area contributed by atoms with Crippen LogP contribution in [-0.2, 0) is 4.79 Å². The molecular weight excluding hydrogens is 181 g/mol. The van der Waals surface area contributed by atoms with Gasteiger partial charge in [-0.25, -0.2) is 0 Å². The third kappa shape index (κ3) is 2.71. The van der Waals surface area contributed by atoms with E-state index in [4.69, 9.17) is 0 Å². The Morgan fingerprint density at radius 2 is 1.69 bits per heavy atom. The lowest BCUT2D eigenvalue weighted by Gasteiger charge is -2.27. The number of halogens is 3. The number of aldehydes is 1. The second-order valence-corrected chi connectivity index (χ2v) is 3.60. The average Bonchev–Trinajstić information content (AvgIpc) is 2.05. The van der Waals surface area contributed by atoms with Crippen LogP contribution in [0.1, 0.15) is 32.1 Å². The van der Waals surface area contributed by atoms with Gasteiger partial charge in [0.15, 0.2) is 0 Å². The number of hydrogen-bond acceptors (Lipinski definition) is 1. The molecule has 0 aromatic heterocycles. The molecule has 0 spiro atoms. The van der Waals surface area contributed by atoms with Gasteiger partial charge >= 0.3 is 6.18 Å². The van der Waals surface area contributed by atoms with Crippen molar-refractivity contribution in [3.05, 3.63) is 0 Å². The van der Waals surface area contributed by atoms with Gasteiger partial charge in [0.25, 0.3) is 0 Å². The van der Waals surface area contributed by atoms with Crippen LogP contribution in [0.25, 0.3) is 0 Å². The second kappa shape index (κ2) is 4.11. The van der Waals surface area contributed by atoms with E-state index in [9.17, 15) is 18.0 Å². The molecule has 4 heteroatoms. The van der Waals surface area contributed by atoms with Crippen LogP contribution in [0.2, 0.25) is 0 Å². The monoisotopic (exact) mass is 194 g/mol. The average molecular weight is 194 g/mol. The number of alkyl halides is 3. The van der Waals surface area contributed by atoms with Crippen molar-refractivity contribution in [2.75, 3.05) is 0 Å². The quantitative estimate of drug-likeness (QED) is 0.617. The normalized spacial score (nSPS) is 22.7. The summed E-state index contributed by atoms with van der Waals surface area (Å²) in [5.41, 5.74) is 0. The van der Waals surface area contributed by atoms with Crippen molar-refractivity contribution in [2.45, 2.75) is 38.3 Å². The van der Waals surface area contributed by atoms with Crippen molar-refractivity contribution < 1.29 is 18.0 Å². The Bertz CT molecular complexity index is 170. The molecule has 0 N–H and O–H groups in total. The van der Waals surface area contributed by atoms with E-state index < -0.39 is 18.0 Å². The molecule has 0 amide bonds. The van der Waals surface area contributed by atoms with E-state index in [1.165, 1.54) is 0 Å². The fourth-order valence-corrected chi connectivity index (χ4v) is 1.95. The molecule has 1 nitrogen and oxygen atoms in total. The van der Waals surface area contributed by atoms with Gasteiger partial charge in [0.05, 0.1) is 0 Å². The summed E-state index contributed by atoms with van der Waals surface area (Å²) in [4.78, 5) is 10.3. The molecule has 1 aliphatic rings. The number of carbonyl (C=O) groups is 1. The minimum atomic E-state index is -4.34. The van der Waals surface area contributed by atoms with Crippen LogP contribution in [0.4, 0.5) is 13.2 Å². The summed E-state index contributed by atoms with van der Waals surface area (Å²) in [6.45, 7) is 0. The molecule has 0 heterocycles. The van der Waals surface area contributed by atoms with Gasteiger partial charge in [0, 0.05) is 0 Å². The van der Waals surface area contributed by atoms with E-state index in [0.717, 1.165) is 19.3 Å². The number of rotatable bonds is 2. The number of hydrogen-bond donors (Lipinski definition) is 0. The SMILES string of the molecule is O=C[C@@H](C1CCCCC1)C(F)(F)F. The fourth-order valence-electron chi connectivity index (χ4n) is 1.95. The summed E-state index contributed by atoms with van der Waals surface area (Å²) in [7, 11) is 0. The zero-order valence-corrected chi connectivity index (χ0v) is 7.31. The highest BCUT2D eigenvalue weighted by molar-refractivity contribution is 5.55. The Labute approximate surface area is 75.3 Å². The first-order valence-corrected chi connectivity index (χ1v) is 4.57. The summed E-state index contributed by atoms with van der Waals surface area (Å²) >= 11 is 0. The van der Waals surface area contributed by atoms with Gasteiger partial charge in [0.2, 0.25) is 0 Å². The predicted molar refractivity (Wildman–Crippen MR) is 42.2 cm³/mol. The lowest BCUT2D eigenvalue weighted by molar-refractivity contribution is -0.187. The van der Waals surface area contributed by atoms with E-state index in [0.29, 0.717) is 12.8 Å². The Balaban J connectivity index is 2.59. The van der Waals surface area contributed by atoms with Crippen molar-refractivity contribution in [2.24, 2.45) is 11.8 Å². The molecule has 1 fully saturated rings. The van der Waals surface area contributed by atoms with Crippen molar-refractivity contribution >= 4 is 6.29 Å². The standard InChI is InChI=1S/C9H13F3O/c10-9(11,12)8(6-13)7-4-2-1-3-5-7/h6-8H,1-5H2/t8-/m0/s1. The predicted octanol–water partition coefficient (Wildman–Crippen LogP) is 2.94. The van der Waals surface area contributed by atoms with Crippen LogP contribution < -0.4 is 0 Å².